The first-order valence-electron chi connectivity index (χ1n) is 5.71. The van der Waals surface area contributed by atoms with E-state index in [4.69, 9.17) is 5.73 Å². The number of hydrogen-bond acceptors (Lipinski definition) is 4. The van der Waals surface area contributed by atoms with Gasteiger partial charge in [0, 0.05) is 30.1 Å². The van der Waals surface area contributed by atoms with E-state index in [-0.39, 0.29) is 0 Å². The van der Waals surface area contributed by atoms with Crippen molar-refractivity contribution in [1.29, 1.82) is 0 Å². The molecule has 4 heteroatoms. The van der Waals surface area contributed by atoms with E-state index in [1.807, 2.05) is 25.3 Å². The fraction of sp³-hybridized carbons (Fsp3) is 0.308. The minimum Gasteiger partial charge on any atom is -0.383 e. The highest BCUT2D eigenvalue weighted by atomic mass is 15.0. The summed E-state index contributed by atoms with van der Waals surface area (Å²) in [6.07, 6.45) is 5.13. The number of nitrogens with zero attached hydrogens (tertiary/aromatic N) is 3. The van der Waals surface area contributed by atoms with Gasteiger partial charge in [0.05, 0.1) is 0 Å². The summed E-state index contributed by atoms with van der Waals surface area (Å²) in [6, 6.07) is 3.92. The van der Waals surface area contributed by atoms with Crippen molar-refractivity contribution < 1.29 is 0 Å². The van der Waals surface area contributed by atoms with Crippen molar-refractivity contribution in [3.63, 3.8) is 0 Å². The van der Waals surface area contributed by atoms with E-state index in [9.17, 15) is 0 Å². The Bertz CT molecular complexity index is 508. The molecule has 0 amide bonds. The maximum Gasteiger partial charge on any atom is 0.135 e. The molecule has 0 fully saturated rings. The van der Waals surface area contributed by atoms with Crippen LogP contribution in [0.25, 0.3) is 0 Å². The number of hydrogen-bond donors (Lipinski definition) is 1. The van der Waals surface area contributed by atoms with Crippen molar-refractivity contribution in [3.05, 3.63) is 47.2 Å². The molecule has 88 valence electrons. The van der Waals surface area contributed by atoms with Crippen molar-refractivity contribution >= 4 is 5.82 Å². The molecule has 0 aliphatic heterocycles. The number of aromatic nitrogens is 3. The lowest BCUT2D eigenvalue weighted by Crippen LogP contribution is -2.07. The topological polar surface area (TPSA) is 64.7 Å². The van der Waals surface area contributed by atoms with Crippen LogP contribution in [-0.4, -0.2) is 15.0 Å². The Morgan fingerprint density at radius 3 is 2.76 bits per heavy atom. The summed E-state index contributed by atoms with van der Waals surface area (Å²) in [6.45, 7) is 4.03. The van der Waals surface area contributed by atoms with Crippen LogP contribution < -0.4 is 5.73 Å². The van der Waals surface area contributed by atoms with Gasteiger partial charge in [0.15, 0.2) is 0 Å². The third-order valence-corrected chi connectivity index (χ3v) is 2.75. The third kappa shape index (κ3) is 2.58. The molecule has 0 bridgehead atoms. The van der Waals surface area contributed by atoms with Crippen LogP contribution in [0.3, 0.4) is 0 Å². The summed E-state index contributed by atoms with van der Waals surface area (Å²) in [5.74, 6) is 1.34. The molecule has 2 heterocycles. The molecule has 17 heavy (non-hydrogen) atoms. The Morgan fingerprint density at radius 2 is 2.12 bits per heavy atom. The van der Waals surface area contributed by atoms with E-state index < -0.39 is 0 Å². The van der Waals surface area contributed by atoms with Gasteiger partial charge < -0.3 is 5.73 Å². The first-order chi connectivity index (χ1) is 8.20. The van der Waals surface area contributed by atoms with Crippen molar-refractivity contribution in [2.24, 2.45) is 0 Å². The average Bonchev–Trinajstić information content (AvgIpc) is 2.35. The SMILES string of the molecule is CCc1nc(Cc2cccnc2)nc(N)c1C. The predicted molar refractivity (Wildman–Crippen MR) is 67.6 cm³/mol. The highest BCUT2D eigenvalue weighted by molar-refractivity contribution is 5.41. The Labute approximate surface area is 101 Å². The molecule has 0 aliphatic carbocycles. The molecule has 0 atom stereocenters. The van der Waals surface area contributed by atoms with Crippen molar-refractivity contribution in [2.45, 2.75) is 26.7 Å². The largest absolute Gasteiger partial charge is 0.383 e. The van der Waals surface area contributed by atoms with Crippen molar-refractivity contribution in [3.8, 4) is 0 Å². The summed E-state index contributed by atoms with van der Waals surface area (Å²) in [5, 5.41) is 0. The summed E-state index contributed by atoms with van der Waals surface area (Å²) in [4.78, 5) is 12.9. The van der Waals surface area contributed by atoms with Gasteiger partial charge in [-0.15, -0.1) is 0 Å². The van der Waals surface area contributed by atoms with E-state index in [1.54, 1.807) is 6.20 Å². The molecule has 2 aromatic rings. The summed E-state index contributed by atoms with van der Waals surface area (Å²) >= 11 is 0. The van der Waals surface area contributed by atoms with Crippen LogP contribution in [0.4, 0.5) is 5.82 Å². The minimum atomic E-state index is 0.579. The maximum atomic E-state index is 5.88. The second-order valence-corrected chi connectivity index (χ2v) is 3.99. The maximum absolute atomic E-state index is 5.88. The van der Waals surface area contributed by atoms with Crippen LogP contribution in [-0.2, 0) is 12.8 Å². The zero-order chi connectivity index (χ0) is 12.3. The van der Waals surface area contributed by atoms with Gasteiger partial charge in [-0.25, -0.2) is 9.97 Å². The minimum absolute atomic E-state index is 0.579. The van der Waals surface area contributed by atoms with Gasteiger partial charge >= 0.3 is 0 Å². The lowest BCUT2D eigenvalue weighted by molar-refractivity contribution is 0.892. The molecule has 0 spiro atoms. The van der Waals surface area contributed by atoms with Gasteiger partial charge in [-0.3, -0.25) is 4.98 Å². The zero-order valence-electron chi connectivity index (χ0n) is 10.1. The van der Waals surface area contributed by atoms with Crippen LogP contribution in [0.2, 0.25) is 0 Å². The van der Waals surface area contributed by atoms with Gasteiger partial charge in [-0.1, -0.05) is 13.0 Å². The quantitative estimate of drug-likeness (QED) is 0.871. The van der Waals surface area contributed by atoms with Crippen LogP contribution in [0.5, 0.6) is 0 Å². The number of rotatable bonds is 3. The van der Waals surface area contributed by atoms with Gasteiger partial charge in [0.25, 0.3) is 0 Å². The Kier molecular flexibility index (Phi) is 3.32. The Morgan fingerprint density at radius 1 is 1.29 bits per heavy atom. The van der Waals surface area contributed by atoms with Crippen LogP contribution >= 0.6 is 0 Å². The molecule has 2 N–H and O–H groups in total. The van der Waals surface area contributed by atoms with Gasteiger partial charge in [0.1, 0.15) is 11.6 Å². The van der Waals surface area contributed by atoms with E-state index in [1.165, 1.54) is 0 Å². The normalized spacial score (nSPS) is 10.5. The molecular formula is C13H16N4. The number of pyridine rings is 1. The first-order valence-corrected chi connectivity index (χ1v) is 5.71. The summed E-state index contributed by atoms with van der Waals surface area (Å²) in [5.41, 5.74) is 8.99. The van der Waals surface area contributed by atoms with Crippen LogP contribution in [0.15, 0.2) is 24.5 Å². The Balaban J connectivity index is 2.31. The second kappa shape index (κ2) is 4.91. The molecule has 2 rings (SSSR count). The third-order valence-electron chi connectivity index (χ3n) is 2.75. The van der Waals surface area contributed by atoms with Gasteiger partial charge in [-0.2, -0.15) is 0 Å². The molecule has 0 radical (unpaired) electrons. The van der Waals surface area contributed by atoms with Crippen molar-refractivity contribution in [2.75, 3.05) is 5.73 Å². The molecule has 0 saturated heterocycles. The van der Waals surface area contributed by atoms with Crippen LogP contribution in [0, 0.1) is 6.92 Å². The van der Waals surface area contributed by atoms with Crippen molar-refractivity contribution in [1.82, 2.24) is 15.0 Å². The fourth-order valence-corrected chi connectivity index (χ4v) is 1.74. The molecule has 2 aromatic heterocycles. The van der Waals surface area contributed by atoms with E-state index in [0.717, 1.165) is 29.1 Å². The Hall–Kier alpha value is -1.97. The predicted octanol–water partition coefficient (Wildman–Crippen LogP) is 1.92. The summed E-state index contributed by atoms with van der Waals surface area (Å²) < 4.78 is 0. The number of nitrogens with two attached hydrogens (primary N) is 1. The number of anilines is 1. The number of aryl methyl sites for hydroxylation is 1. The molecule has 0 saturated carbocycles. The molecular weight excluding hydrogens is 212 g/mol. The zero-order valence-corrected chi connectivity index (χ0v) is 10.1. The smallest absolute Gasteiger partial charge is 0.135 e. The monoisotopic (exact) mass is 228 g/mol. The molecule has 4 nitrogen and oxygen atoms in total. The number of nitrogen functional groups attached to an aromatic ring is 1. The van der Waals surface area contributed by atoms with Gasteiger partial charge in [0.2, 0.25) is 0 Å². The first kappa shape index (κ1) is 11.5. The molecule has 0 aliphatic rings. The molecule has 0 aromatic carbocycles. The van der Waals surface area contributed by atoms with E-state index >= 15 is 0 Å². The van der Waals surface area contributed by atoms with E-state index in [2.05, 4.69) is 21.9 Å². The average molecular weight is 228 g/mol. The lowest BCUT2D eigenvalue weighted by atomic mass is 10.1. The van der Waals surface area contributed by atoms with Crippen LogP contribution in [0.1, 0.15) is 29.6 Å². The lowest BCUT2D eigenvalue weighted by Gasteiger charge is -2.08. The standard InChI is InChI=1S/C13H16N4/c1-3-11-9(2)13(14)17-12(16-11)7-10-5-4-6-15-8-10/h4-6,8H,3,7H2,1-2H3,(H2,14,16,17). The van der Waals surface area contributed by atoms with Gasteiger partial charge in [-0.05, 0) is 25.0 Å². The highest BCUT2D eigenvalue weighted by Crippen LogP contribution is 2.14. The van der Waals surface area contributed by atoms with E-state index in [0.29, 0.717) is 12.2 Å². The second-order valence-electron chi connectivity index (χ2n) is 3.99. The highest BCUT2D eigenvalue weighted by Gasteiger charge is 2.07. The fourth-order valence-electron chi connectivity index (χ4n) is 1.74. The summed E-state index contributed by atoms with van der Waals surface area (Å²) in [7, 11) is 0. The molecule has 0 unspecified atom stereocenters.